The second kappa shape index (κ2) is 7.14. The first-order chi connectivity index (χ1) is 9.04. The standard InChI is InChI=1S/C15H23NO3/c1-4-15(16-3,14(17)18)9-6-10-19-13-8-5-7-12(2)11-13/h5,7-8,11,16H,4,6,9-10H2,1-3H3,(H,17,18). The van der Waals surface area contributed by atoms with Crippen LogP contribution in [0.4, 0.5) is 0 Å². The molecule has 1 aromatic carbocycles. The van der Waals surface area contributed by atoms with Crippen LogP contribution in [0.2, 0.25) is 0 Å². The van der Waals surface area contributed by atoms with Crippen LogP contribution in [0.15, 0.2) is 24.3 Å². The van der Waals surface area contributed by atoms with Crippen LogP contribution in [-0.2, 0) is 4.79 Å². The van der Waals surface area contributed by atoms with Gasteiger partial charge in [-0.1, -0.05) is 19.1 Å². The first-order valence-corrected chi connectivity index (χ1v) is 6.66. The van der Waals surface area contributed by atoms with Crippen molar-refractivity contribution in [2.45, 2.75) is 38.6 Å². The smallest absolute Gasteiger partial charge is 0.323 e. The predicted molar refractivity (Wildman–Crippen MR) is 75.6 cm³/mol. The molecule has 1 aromatic rings. The van der Waals surface area contributed by atoms with Gasteiger partial charge < -0.3 is 15.2 Å². The summed E-state index contributed by atoms with van der Waals surface area (Å²) in [5.41, 5.74) is 0.317. The molecule has 4 nitrogen and oxygen atoms in total. The van der Waals surface area contributed by atoms with Crippen molar-refractivity contribution < 1.29 is 14.6 Å². The monoisotopic (exact) mass is 265 g/mol. The Hall–Kier alpha value is -1.55. The number of hydrogen-bond acceptors (Lipinski definition) is 3. The Morgan fingerprint density at radius 1 is 1.47 bits per heavy atom. The van der Waals surface area contributed by atoms with Crippen LogP contribution in [0, 0.1) is 6.92 Å². The number of likely N-dealkylation sites (N-methyl/N-ethyl adjacent to an activating group) is 1. The maximum absolute atomic E-state index is 11.3. The number of nitrogens with one attached hydrogen (secondary N) is 1. The van der Waals surface area contributed by atoms with Gasteiger partial charge in [0.2, 0.25) is 0 Å². The average molecular weight is 265 g/mol. The van der Waals surface area contributed by atoms with E-state index in [1.54, 1.807) is 7.05 Å². The number of benzene rings is 1. The van der Waals surface area contributed by atoms with E-state index in [2.05, 4.69) is 5.32 Å². The molecule has 0 fully saturated rings. The molecule has 1 rings (SSSR count). The lowest BCUT2D eigenvalue weighted by molar-refractivity contribution is -0.145. The number of hydrogen-bond donors (Lipinski definition) is 2. The molecule has 0 bridgehead atoms. The van der Waals surface area contributed by atoms with Gasteiger partial charge in [0.1, 0.15) is 11.3 Å². The topological polar surface area (TPSA) is 58.6 Å². The van der Waals surface area contributed by atoms with E-state index < -0.39 is 11.5 Å². The van der Waals surface area contributed by atoms with Crippen LogP contribution in [-0.4, -0.2) is 30.3 Å². The highest BCUT2D eigenvalue weighted by molar-refractivity contribution is 5.78. The van der Waals surface area contributed by atoms with Crippen molar-refractivity contribution in [2.75, 3.05) is 13.7 Å². The number of carboxylic acids is 1. The summed E-state index contributed by atoms with van der Waals surface area (Å²) >= 11 is 0. The van der Waals surface area contributed by atoms with Crippen molar-refractivity contribution in [1.82, 2.24) is 5.32 Å². The Labute approximate surface area is 114 Å². The van der Waals surface area contributed by atoms with Crippen LogP contribution in [0.5, 0.6) is 5.75 Å². The summed E-state index contributed by atoms with van der Waals surface area (Å²) in [6.07, 6.45) is 1.82. The highest BCUT2D eigenvalue weighted by atomic mass is 16.5. The minimum atomic E-state index is -0.837. The zero-order chi connectivity index (χ0) is 14.3. The van der Waals surface area contributed by atoms with E-state index in [-0.39, 0.29) is 0 Å². The van der Waals surface area contributed by atoms with Crippen molar-refractivity contribution in [3.8, 4) is 5.75 Å². The molecule has 0 spiro atoms. The van der Waals surface area contributed by atoms with Crippen LogP contribution in [0.1, 0.15) is 31.7 Å². The molecule has 0 amide bonds. The zero-order valence-corrected chi connectivity index (χ0v) is 11.9. The summed E-state index contributed by atoms with van der Waals surface area (Å²) in [7, 11) is 1.69. The second-order valence-electron chi connectivity index (χ2n) is 4.76. The third-order valence-electron chi connectivity index (χ3n) is 3.50. The second-order valence-corrected chi connectivity index (χ2v) is 4.76. The molecule has 1 atom stereocenters. The fraction of sp³-hybridized carbons (Fsp3) is 0.533. The van der Waals surface area contributed by atoms with E-state index in [1.165, 1.54) is 0 Å². The molecule has 0 aliphatic carbocycles. The largest absolute Gasteiger partial charge is 0.494 e. The lowest BCUT2D eigenvalue weighted by Crippen LogP contribution is -2.50. The molecule has 2 N–H and O–H groups in total. The van der Waals surface area contributed by atoms with Gasteiger partial charge >= 0.3 is 5.97 Å². The molecule has 19 heavy (non-hydrogen) atoms. The fourth-order valence-electron chi connectivity index (χ4n) is 2.11. The molecule has 0 aliphatic rings. The van der Waals surface area contributed by atoms with Crippen molar-refractivity contribution in [3.05, 3.63) is 29.8 Å². The minimum Gasteiger partial charge on any atom is -0.494 e. The van der Waals surface area contributed by atoms with Crippen molar-refractivity contribution in [2.24, 2.45) is 0 Å². The molecule has 0 saturated carbocycles. The maximum Gasteiger partial charge on any atom is 0.323 e. The number of ether oxygens (including phenoxy) is 1. The summed E-state index contributed by atoms with van der Waals surface area (Å²) < 4.78 is 5.63. The zero-order valence-electron chi connectivity index (χ0n) is 11.9. The molecule has 4 heteroatoms. The van der Waals surface area contributed by atoms with Gasteiger partial charge in [-0.05, 0) is 50.9 Å². The van der Waals surface area contributed by atoms with E-state index >= 15 is 0 Å². The van der Waals surface area contributed by atoms with E-state index in [4.69, 9.17) is 4.74 Å². The minimum absolute atomic E-state index is 0.528. The van der Waals surface area contributed by atoms with Crippen LogP contribution in [0.3, 0.4) is 0 Å². The maximum atomic E-state index is 11.3. The van der Waals surface area contributed by atoms with Gasteiger partial charge in [-0.2, -0.15) is 0 Å². The molecule has 0 radical (unpaired) electrons. The highest BCUT2D eigenvalue weighted by Crippen LogP contribution is 2.18. The summed E-state index contributed by atoms with van der Waals surface area (Å²) in [6.45, 7) is 4.42. The molecular weight excluding hydrogens is 242 g/mol. The third kappa shape index (κ3) is 4.24. The van der Waals surface area contributed by atoms with Gasteiger partial charge in [-0.3, -0.25) is 4.79 Å². The lowest BCUT2D eigenvalue weighted by atomic mass is 9.91. The molecule has 106 valence electrons. The van der Waals surface area contributed by atoms with Crippen LogP contribution >= 0.6 is 0 Å². The number of carboxylic acid groups (broad SMARTS) is 1. The molecule has 0 saturated heterocycles. The van der Waals surface area contributed by atoms with Gasteiger partial charge in [-0.15, -0.1) is 0 Å². The quantitative estimate of drug-likeness (QED) is 0.709. The summed E-state index contributed by atoms with van der Waals surface area (Å²) in [5.74, 6) is 0.0370. The average Bonchev–Trinajstić information content (AvgIpc) is 2.39. The summed E-state index contributed by atoms with van der Waals surface area (Å²) in [5, 5.41) is 12.2. The van der Waals surface area contributed by atoms with E-state index in [0.29, 0.717) is 25.9 Å². The van der Waals surface area contributed by atoms with E-state index in [9.17, 15) is 9.90 Å². The van der Waals surface area contributed by atoms with Gasteiger partial charge in [0.25, 0.3) is 0 Å². The molecular formula is C15H23NO3. The van der Waals surface area contributed by atoms with Crippen molar-refractivity contribution in [1.29, 1.82) is 0 Å². The van der Waals surface area contributed by atoms with Gasteiger partial charge in [0, 0.05) is 0 Å². The number of aliphatic carboxylic acids is 1. The number of aryl methyl sites for hydroxylation is 1. The summed E-state index contributed by atoms with van der Waals surface area (Å²) in [4.78, 5) is 11.3. The van der Waals surface area contributed by atoms with E-state index in [0.717, 1.165) is 11.3 Å². The van der Waals surface area contributed by atoms with Crippen LogP contribution in [0.25, 0.3) is 0 Å². The van der Waals surface area contributed by atoms with Gasteiger partial charge in [0.15, 0.2) is 0 Å². The number of carbonyl (C=O) groups is 1. The van der Waals surface area contributed by atoms with Gasteiger partial charge in [-0.25, -0.2) is 0 Å². The number of rotatable bonds is 8. The fourth-order valence-corrected chi connectivity index (χ4v) is 2.11. The molecule has 0 aromatic heterocycles. The van der Waals surface area contributed by atoms with Crippen molar-refractivity contribution >= 4 is 5.97 Å². The SMILES string of the molecule is CCC(CCCOc1cccc(C)c1)(NC)C(=O)O. The Kier molecular flexibility index (Phi) is 5.83. The van der Waals surface area contributed by atoms with Crippen molar-refractivity contribution in [3.63, 3.8) is 0 Å². The third-order valence-corrected chi connectivity index (χ3v) is 3.50. The highest BCUT2D eigenvalue weighted by Gasteiger charge is 2.34. The van der Waals surface area contributed by atoms with Gasteiger partial charge in [0.05, 0.1) is 6.61 Å². The molecule has 0 heterocycles. The Balaban J connectivity index is 2.43. The Morgan fingerprint density at radius 3 is 2.74 bits per heavy atom. The Morgan fingerprint density at radius 2 is 2.21 bits per heavy atom. The molecule has 0 aliphatic heterocycles. The molecule has 1 unspecified atom stereocenters. The van der Waals surface area contributed by atoms with Crippen LogP contribution < -0.4 is 10.1 Å². The first kappa shape index (κ1) is 15.5. The predicted octanol–water partition coefficient (Wildman–Crippen LogP) is 2.61. The first-order valence-electron chi connectivity index (χ1n) is 6.66. The Bertz CT molecular complexity index is 414. The van der Waals surface area contributed by atoms with E-state index in [1.807, 2.05) is 38.1 Å². The lowest BCUT2D eigenvalue weighted by Gasteiger charge is -2.27. The summed E-state index contributed by atoms with van der Waals surface area (Å²) in [6, 6.07) is 7.85. The normalized spacial score (nSPS) is 13.8.